The number of carbonyl (C=O) groups excluding carboxylic acids is 1. The summed E-state index contributed by atoms with van der Waals surface area (Å²) in [6.45, 7) is 6.36. The molecule has 1 aromatic carbocycles. The molecule has 5 heteroatoms. The number of hydrogen-bond acceptors (Lipinski definition) is 3. The zero-order valence-electron chi connectivity index (χ0n) is 15.2. The van der Waals surface area contributed by atoms with Gasteiger partial charge in [0.1, 0.15) is 5.75 Å². The fourth-order valence-corrected chi connectivity index (χ4v) is 2.74. The van der Waals surface area contributed by atoms with E-state index in [9.17, 15) is 4.79 Å². The molecule has 2 aromatic rings. The molecule has 1 N–H and O–H groups in total. The topological polar surface area (TPSA) is 46.5 Å². The van der Waals surface area contributed by atoms with E-state index in [1.54, 1.807) is 7.11 Å². The Kier molecular flexibility index (Phi) is 6.04. The largest absolute Gasteiger partial charge is 0.497 e. The van der Waals surface area contributed by atoms with Gasteiger partial charge in [-0.15, -0.1) is 0 Å². The molecule has 0 aliphatic heterocycles. The number of aryl methyl sites for hydroxylation is 1. The van der Waals surface area contributed by atoms with Crippen LogP contribution in [0.4, 0.5) is 0 Å². The molecule has 0 aliphatic rings. The number of benzene rings is 1. The summed E-state index contributed by atoms with van der Waals surface area (Å²) < 4.78 is 7.41. The minimum atomic E-state index is -0.0398. The van der Waals surface area contributed by atoms with Crippen molar-refractivity contribution in [2.24, 2.45) is 0 Å². The van der Waals surface area contributed by atoms with E-state index in [1.165, 1.54) is 0 Å². The Labute approximate surface area is 144 Å². The number of nitrogens with zero attached hydrogens (tertiary/aromatic N) is 2. The molecular weight excluding hydrogens is 302 g/mol. The minimum Gasteiger partial charge on any atom is -0.497 e. The second kappa shape index (κ2) is 8.02. The lowest BCUT2D eigenvalue weighted by atomic mass is 10.2. The van der Waals surface area contributed by atoms with E-state index in [2.05, 4.69) is 28.9 Å². The van der Waals surface area contributed by atoms with Crippen LogP contribution < -0.4 is 10.1 Å². The highest BCUT2D eigenvalue weighted by Crippen LogP contribution is 2.16. The van der Waals surface area contributed by atoms with Gasteiger partial charge in [0, 0.05) is 31.0 Å². The molecule has 0 spiro atoms. The van der Waals surface area contributed by atoms with Crippen LogP contribution in [0.1, 0.15) is 27.3 Å². The van der Waals surface area contributed by atoms with Crippen LogP contribution in [-0.4, -0.2) is 43.1 Å². The van der Waals surface area contributed by atoms with Gasteiger partial charge in [0.15, 0.2) is 0 Å². The highest BCUT2D eigenvalue weighted by molar-refractivity contribution is 5.95. The van der Waals surface area contributed by atoms with Crippen LogP contribution in [0.5, 0.6) is 5.75 Å². The van der Waals surface area contributed by atoms with Crippen LogP contribution in [0.15, 0.2) is 30.3 Å². The van der Waals surface area contributed by atoms with E-state index in [1.807, 2.05) is 44.2 Å². The first-order valence-corrected chi connectivity index (χ1v) is 8.15. The van der Waals surface area contributed by atoms with E-state index in [-0.39, 0.29) is 5.91 Å². The summed E-state index contributed by atoms with van der Waals surface area (Å²) in [5.74, 6) is 0.755. The lowest BCUT2D eigenvalue weighted by Crippen LogP contribution is -2.24. The van der Waals surface area contributed by atoms with Gasteiger partial charge >= 0.3 is 0 Å². The van der Waals surface area contributed by atoms with Crippen LogP contribution in [-0.2, 0) is 13.1 Å². The fraction of sp³-hybridized carbons (Fsp3) is 0.421. The Morgan fingerprint density at radius 1 is 1.25 bits per heavy atom. The number of aromatic nitrogens is 1. The number of nitrogens with one attached hydrogen (secondary N) is 1. The second-order valence-corrected chi connectivity index (χ2v) is 6.27. The molecule has 130 valence electrons. The third kappa shape index (κ3) is 4.38. The van der Waals surface area contributed by atoms with Gasteiger partial charge in [-0.3, -0.25) is 4.79 Å². The SMILES string of the molecule is COc1cccc(CNC(=O)c2cc(C)n(CCN(C)C)c2C)c1. The van der Waals surface area contributed by atoms with Crippen molar-refractivity contribution in [1.29, 1.82) is 0 Å². The van der Waals surface area contributed by atoms with Crippen molar-refractivity contribution in [3.05, 3.63) is 52.8 Å². The van der Waals surface area contributed by atoms with Crippen molar-refractivity contribution < 1.29 is 9.53 Å². The van der Waals surface area contributed by atoms with Gasteiger partial charge in [-0.1, -0.05) is 12.1 Å². The third-order valence-electron chi connectivity index (χ3n) is 4.18. The van der Waals surface area contributed by atoms with Crippen molar-refractivity contribution in [1.82, 2.24) is 14.8 Å². The average molecular weight is 329 g/mol. The quantitative estimate of drug-likeness (QED) is 0.849. The summed E-state index contributed by atoms with van der Waals surface area (Å²) in [7, 11) is 5.74. The van der Waals surface area contributed by atoms with Crippen LogP contribution in [0.3, 0.4) is 0 Å². The first-order chi connectivity index (χ1) is 11.4. The van der Waals surface area contributed by atoms with Gasteiger partial charge in [0.05, 0.1) is 12.7 Å². The molecule has 24 heavy (non-hydrogen) atoms. The number of amides is 1. The van der Waals surface area contributed by atoms with E-state index >= 15 is 0 Å². The number of ether oxygens (including phenoxy) is 1. The van der Waals surface area contributed by atoms with Gasteiger partial charge < -0.3 is 19.5 Å². The summed E-state index contributed by atoms with van der Waals surface area (Å²) in [6, 6.07) is 9.69. The summed E-state index contributed by atoms with van der Waals surface area (Å²) in [6.07, 6.45) is 0. The standard InChI is InChI=1S/C19H27N3O2/c1-14-11-18(15(2)22(14)10-9-21(3)4)19(23)20-13-16-7-6-8-17(12-16)24-5/h6-8,11-12H,9-10,13H2,1-5H3,(H,20,23). The van der Waals surface area contributed by atoms with Crippen LogP contribution in [0.25, 0.3) is 0 Å². The molecule has 0 saturated carbocycles. The monoisotopic (exact) mass is 329 g/mol. The fourth-order valence-electron chi connectivity index (χ4n) is 2.74. The smallest absolute Gasteiger partial charge is 0.253 e. The van der Waals surface area contributed by atoms with E-state index in [4.69, 9.17) is 4.74 Å². The van der Waals surface area contributed by atoms with Gasteiger partial charge in [-0.2, -0.15) is 0 Å². The molecule has 0 saturated heterocycles. The van der Waals surface area contributed by atoms with Crippen molar-refractivity contribution in [2.45, 2.75) is 26.9 Å². The molecule has 0 fully saturated rings. The van der Waals surface area contributed by atoms with Gasteiger partial charge in [0.25, 0.3) is 5.91 Å². The number of likely N-dealkylation sites (N-methyl/N-ethyl adjacent to an activating group) is 1. The number of carbonyl (C=O) groups is 1. The maximum Gasteiger partial charge on any atom is 0.253 e. The predicted octanol–water partition coefficient (Wildman–Crippen LogP) is 2.61. The second-order valence-electron chi connectivity index (χ2n) is 6.27. The van der Waals surface area contributed by atoms with E-state index in [0.717, 1.165) is 41.4 Å². The molecule has 2 rings (SSSR count). The normalized spacial score (nSPS) is 10.9. The number of methoxy groups -OCH3 is 1. The Bertz CT molecular complexity index is 705. The molecule has 0 aliphatic carbocycles. The first kappa shape index (κ1) is 18.1. The molecule has 0 bridgehead atoms. The first-order valence-electron chi connectivity index (χ1n) is 8.15. The van der Waals surface area contributed by atoms with Crippen molar-refractivity contribution in [3.63, 3.8) is 0 Å². The van der Waals surface area contributed by atoms with Crippen molar-refractivity contribution >= 4 is 5.91 Å². The van der Waals surface area contributed by atoms with Gasteiger partial charge in [0.2, 0.25) is 0 Å². The maximum atomic E-state index is 12.5. The van der Waals surface area contributed by atoms with Crippen LogP contribution in [0.2, 0.25) is 0 Å². The summed E-state index contributed by atoms with van der Waals surface area (Å²) in [5.41, 5.74) is 3.89. The summed E-state index contributed by atoms with van der Waals surface area (Å²) >= 11 is 0. The maximum absolute atomic E-state index is 12.5. The number of rotatable bonds is 7. The summed E-state index contributed by atoms with van der Waals surface area (Å²) in [4.78, 5) is 14.7. The third-order valence-corrected chi connectivity index (χ3v) is 4.18. The molecule has 1 amide bonds. The Morgan fingerprint density at radius 2 is 2.00 bits per heavy atom. The van der Waals surface area contributed by atoms with E-state index in [0.29, 0.717) is 6.54 Å². The molecule has 5 nitrogen and oxygen atoms in total. The molecule has 1 heterocycles. The molecular formula is C19H27N3O2. The van der Waals surface area contributed by atoms with Gasteiger partial charge in [-0.05, 0) is 51.7 Å². The van der Waals surface area contributed by atoms with Crippen molar-refractivity contribution in [2.75, 3.05) is 27.7 Å². The zero-order chi connectivity index (χ0) is 17.7. The lowest BCUT2D eigenvalue weighted by molar-refractivity contribution is 0.0950. The highest BCUT2D eigenvalue weighted by atomic mass is 16.5. The molecule has 1 aromatic heterocycles. The minimum absolute atomic E-state index is 0.0398. The van der Waals surface area contributed by atoms with Gasteiger partial charge in [-0.25, -0.2) is 0 Å². The van der Waals surface area contributed by atoms with Crippen LogP contribution in [0, 0.1) is 13.8 Å². The Hall–Kier alpha value is -2.27. The molecule has 0 unspecified atom stereocenters. The van der Waals surface area contributed by atoms with Crippen LogP contribution >= 0.6 is 0 Å². The average Bonchev–Trinajstić information content (AvgIpc) is 2.85. The molecule has 0 radical (unpaired) electrons. The molecule has 0 atom stereocenters. The predicted molar refractivity (Wildman–Crippen MR) is 96.6 cm³/mol. The lowest BCUT2D eigenvalue weighted by Gasteiger charge is -2.14. The highest BCUT2D eigenvalue weighted by Gasteiger charge is 2.15. The van der Waals surface area contributed by atoms with E-state index < -0.39 is 0 Å². The summed E-state index contributed by atoms with van der Waals surface area (Å²) in [5, 5.41) is 2.99. The Morgan fingerprint density at radius 3 is 2.67 bits per heavy atom. The van der Waals surface area contributed by atoms with Crippen molar-refractivity contribution in [3.8, 4) is 5.75 Å². The Balaban J connectivity index is 2.05. The number of hydrogen-bond donors (Lipinski definition) is 1. The zero-order valence-corrected chi connectivity index (χ0v) is 15.2.